The second-order valence-electron chi connectivity index (χ2n) is 9.47. The van der Waals surface area contributed by atoms with Crippen molar-refractivity contribution in [2.75, 3.05) is 31.2 Å². The predicted octanol–water partition coefficient (Wildman–Crippen LogP) is 4.72. The Kier molecular flexibility index (Phi) is 6.97. The second kappa shape index (κ2) is 10.9. The first-order chi connectivity index (χ1) is 19.5. The molecule has 1 aliphatic rings. The lowest BCUT2D eigenvalue weighted by Gasteiger charge is -2.23. The summed E-state index contributed by atoms with van der Waals surface area (Å²) in [5.74, 6) is 1.28. The number of aromatic nitrogens is 4. The van der Waals surface area contributed by atoms with Crippen molar-refractivity contribution < 1.29 is 14.3 Å². The van der Waals surface area contributed by atoms with Gasteiger partial charge in [-0.1, -0.05) is 36.4 Å². The van der Waals surface area contributed by atoms with Gasteiger partial charge in [-0.15, -0.1) is 11.3 Å². The number of imidazole rings is 1. The number of hydrogen-bond donors (Lipinski definition) is 2. The number of Topliss-reactive ketones (excluding diaryl/α,β-unsaturated/α-hetero) is 1. The van der Waals surface area contributed by atoms with Crippen LogP contribution in [0.1, 0.15) is 45.4 Å². The number of thiazole rings is 1. The van der Waals surface area contributed by atoms with Gasteiger partial charge >= 0.3 is 0 Å². The van der Waals surface area contributed by atoms with Gasteiger partial charge in [-0.3, -0.25) is 24.2 Å². The Labute approximate surface area is 234 Å². The number of carbonyl (C=O) groups excluding carboxylic acids is 2. The first-order valence-electron chi connectivity index (χ1n) is 12.9. The van der Waals surface area contributed by atoms with Crippen molar-refractivity contribution in [3.8, 4) is 17.0 Å². The lowest BCUT2D eigenvalue weighted by atomic mass is 10.1. The third kappa shape index (κ3) is 4.80. The lowest BCUT2D eigenvalue weighted by Crippen LogP contribution is -2.30. The summed E-state index contributed by atoms with van der Waals surface area (Å²) in [5, 5.41) is 5.09. The number of carbonyl (C=O) groups is 2. The van der Waals surface area contributed by atoms with E-state index in [1.54, 1.807) is 29.9 Å². The van der Waals surface area contributed by atoms with E-state index in [2.05, 4.69) is 20.2 Å². The second-order valence-corrected chi connectivity index (χ2v) is 10.4. The molecule has 1 amide bonds. The van der Waals surface area contributed by atoms with Crippen LogP contribution in [-0.2, 0) is 0 Å². The molecule has 1 fully saturated rings. The fourth-order valence-electron chi connectivity index (χ4n) is 5.21. The molecule has 4 heterocycles. The summed E-state index contributed by atoms with van der Waals surface area (Å²) >= 11 is 1.34. The number of nitrogens with two attached hydrogens (primary N) is 1. The quantitative estimate of drug-likeness (QED) is 0.264. The van der Waals surface area contributed by atoms with Crippen LogP contribution in [0, 0.1) is 0 Å². The largest absolute Gasteiger partial charge is 0.496 e. The summed E-state index contributed by atoms with van der Waals surface area (Å²) in [6, 6.07) is 14.6. The minimum Gasteiger partial charge on any atom is -0.496 e. The molecular weight excluding hydrogens is 526 g/mol. The van der Waals surface area contributed by atoms with Crippen molar-refractivity contribution in [2.45, 2.75) is 18.9 Å². The molecule has 0 bridgehead atoms. The summed E-state index contributed by atoms with van der Waals surface area (Å²) in [5.41, 5.74) is 9.48. The van der Waals surface area contributed by atoms with Gasteiger partial charge < -0.3 is 10.5 Å². The molecule has 0 radical (unpaired) electrons. The first kappa shape index (κ1) is 25.7. The van der Waals surface area contributed by atoms with Crippen molar-refractivity contribution in [1.82, 2.24) is 24.3 Å². The molecule has 10 nitrogen and oxygen atoms in total. The molecular formula is C29H27N7O3S. The maximum absolute atomic E-state index is 13.0. The van der Waals surface area contributed by atoms with Crippen LogP contribution in [0.25, 0.3) is 16.8 Å². The van der Waals surface area contributed by atoms with E-state index in [4.69, 9.17) is 15.5 Å². The molecule has 0 spiro atoms. The van der Waals surface area contributed by atoms with Gasteiger partial charge in [0.25, 0.3) is 5.91 Å². The van der Waals surface area contributed by atoms with E-state index >= 15 is 0 Å². The minimum atomic E-state index is -0.320. The van der Waals surface area contributed by atoms with Gasteiger partial charge in [0.2, 0.25) is 0 Å². The predicted molar refractivity (Wildman–Crippen MR) is 154 cm³/mol. The highest BCUT2D eigenvalue weighted by molar-refractivity contribution is 7.13. The number of ketones is 1. The SMILES string of the molecule is COc1cc(-c2nc([C@@H]3CCCN3CC(=O)c3ccccc3)n3ccnc(N)c23)ccc1C(=O)Nc1nccs1. The van der Waals surface area contributed by atoms with Crippen molar-refractivity contribution >= 4 is 39.5 Å². The molecule has 0 saturated carbocycles. The van der Waals surface area contributed by atoms with Crippen LogP contribution >= 0.6 is 11.3 Å². The van der Waals surface area contributed by atoms with Gasteiger partial charge in [0.15, 0.2) is 10.9 Å². The molecule has 202 valence electrons. The highest BCUT2D eigenvalue weighted by atomic mass is 32.1. The van der Waals surface area contributed by atoms with Gasteiger partial charge in [-0.25, -0.2) is 15.0 Å². The van der Waals surface area contributed by atoms with Crippen LogP contribution in [0.15, 0.2) is 72.5 Å². The fourth-order valence-corrected chi connectivity index (χ4v) is 5.73. The van der Waals surface area contributed by atoms with E-state index in [1.165, 1.54) is 18.4 Å². The van der Waals surface area contributed by atoms with E-state index in [0.29, 0.717) is 45.6 Å². The van der Waals surface area contributed by atoms with Gasteiger partial charge in [0, 0.05) is 35.1 Å². The third-order valence-electron chi connectivity index (χ3n) is 7.09. The van der Waals surface area contributed by atoms with Gasteiger partial charge in [0.1, 0.15) is 28.6 Å². The Morgan fingerprint density at radius 1 is 1.15 bits per heavy atom. The molecule has 6 rings (SSSR count). The van der Waals surface area contributed by atoms with Crippen LogP contribution in [0.3, 0.4) is 0 Å². The normalized spacial score (nSPS) is 15.4. The van der Waals surface area contributed by atoms with Gasteiger partial charge in [-0.2, -0.15) is 0 Å². The van der Waals surface area contributed by atoms with E-state index in [1.807, 2.05) is 47.0 Å². The number of fused-ring (bicyclic) bond motifs is 1. The number of benzene rings is 2. The molecule has 40 heavy (non-hydrogen) atoms. The zero-order valence-electron chi connectivity index (χ0n) is 21.8. The van der Waals surface area contributed by atoms with E-state index in [9.17, 15) is 9.59 Å². The maximum atomic E-state index is 13.0. The molecule has 5 aromatic rings. The van der Waals surface area contributed by atoms with Crippen LogP contribution in [0.2, 0.25) is 0 Å². The number of hydrogen-bond acceptors (Lipinski definition) is 9. The Bertz CT molecular complexity index is 1690. The number of likely N-dealkylation sites (tertiary alicyclic amines) is 1. The van der Waals surface area contributed by atoms with Crippen LogP contribution in [0.4, 0.5) is 10.9 Å². The Morgan fingerprint density at radius 2 is 2.00 bits per heavy atom. The number of nitrogen functional groups attached to an aromatic ring is 1. The van der Waals surface area contributed by atoms with Crippen LogP contribution in [0.5, 0.6) is 5.75 Å². The smallest absolute Gasteiger partial charge is 0.261 e. The zero-order chi connectivity index (χ0) is 27.6. The number of anilines is 2. The van der Waals surface area contributed by atoms with Crippen molar-refractivity contribution in [3.05, 3.63) is 89.5 Å². The molecule has 3 aromatic heterocycles. The Balaban J connectivity index is 1.36. The minimum absolute atomic E-state index is 0.0686. The number of nitrogens with zero attached hydrogens (tertiary/aromatic N) is 5. The summed E-state index contributed by atoms with van der Waals surface area (Å²) in [4.78, 5) is 41.6. The first-order valence-corrected chi connectivity index (χ1v) is 13.8. The van der Waals surface area contributed by atoms with E-state index in [0.717, 1.165) is 30.8 Å². The molecule has 0 aliphatic carbocycles. The summed E-state index contributed by atoms with van der Waals surface area (Å²) in [6.07, 6.45) is 6.94. The standard InChI is InChI=1S/C29H27N7O3S/c1-39-23-16-19(9-10-20(23)28(38)34-29-32-12-15-40-29)24-25-26(30)31-11-14-36(25)27(33-24)21-8-5-13-35(21)17-22(37)18-6-3-2-4-7-18/h2-4,6-7,9-12,14-16,21H,5,8,13,17H2,1H3,(H2,30,31)(H,32,34,38)/t21-/m0/s1. The fraction of sp³-hybridized carbons (Fsp3) is 0.207. The molecule has 3 N–H and O–H groups in total. The third-order valence-corrected chi connectivity index (χ3v) is 7.78. The highest BCUT2D eigenvalue weighted by Gasteiger charge is 2.32. The number of nitrogens with one attached hydrogen (secondary N) is 1. The van der Waals surface area contributed by atoms with Crippen molar-refractivity contribution in [3.63, 3.8) is 0 Å². The van der Waals surface area contributed by atoms with Crippen LogP contribution < -0.4 is 15.8 Å². The monoisotopic (exact) mass is 553 g/mol. The van der Waals surface area contributed by atoms with Crippen molar-refractivity contribution in [2.24, 2.45) is 0 Å². The summed E-state index contributed by atoms with van der Waals surface area (Å²) < 4.78 is 7.56. The summed E-state index contributed by atoms with van der Waals surface area (Å²) in [7, 11) is 1.52. The van der Waals surface area contributed by atoms with E-state index in [-0.39, 0.29) is 17.7 Å². The lowest BCUT2D eigenvalue weighted by molar-refractivity contribution is 0.0918. The molecule has 1 saturated heterocycles. The van der Waals surface area contributed by atoms with Crippen LogP contribution in [-0.4, -0.2) is 56.1 Å². The molecule has 2 aromatic carbocycles. The number of ether oxygens (including phenoxy) is 1. The van der Waals surface area contributed by atoms with Gasteiger partial charge in [-0.05, 0) is 31.5 Å². The number of methoxy groups -OCH3 is 1. The number of amides is 1. The topological polar surface area (TPSA) is 128 Å². The molecule has 0 unspecified atom stereocenters. The molecule has 1 atom stereocenters. The van der Waals surface area contributed by atoms with Crippen molar-refractivity contribution in [1.29, 1.82) is 0 Å². The summed E-state index contributed by atoms with van der Waals surface area (Å²) in [6.45, 7) is 1.10. The number of rotatable bonds is 8. The molecule has 11 heteroatoms. The molecule has 1 aliphatic heterocycles. The maximum Gasteiger partial charge on any atom is 0.261 e. The average Bonchev–Trinajstić information content (AvgIpc) is 3.74. The highest BCUT2D eigenvalue weighted by Crippen LogP contribution is 2.37. The van der Waals surface area contributed by atoms with E-state index < -0.39 is 0 Å². The van der Waals surface area contributed by atoms with Gasteiger partial charge in [0.05, 0.1) is 25.3 Å². The zero-order valence-corrected chi connectivity index (χ0v) is 22.6. The Hall–Kier alpha value is -4.61. The Morgan fingerprint density at radius 3 is 2.77 bits per heavy atom. The average molecular weight is 554 g/mol.